The van der Waals surface area contributed by atoms with E-state index in [1.54, 1.807) is 13.0 Å². The smallest absolute Gasteiger partial charge is 0.326 e. The van der Waals surface area contributed by atoms with Crippen molar-refractivity contribution in [2.45, 2.75) is 13.8 Å². The van der Waals surface area contributed by atoms with E-state index in [1.165, 1.54) is 19.1 Å². The van der Waals surface area contributed by atoms with Crippen LogP contribution in [0.25, 0.3) is 0 Å². The van der Waals surface area contributed by atoms with Gasteiger partial charge in [-0.3, -0.25) is 9.10 Å². The minimum Gasteiger partial charge on any atom is -0.465 e. The second kappa shape index (κ2) is 7.21. The van der Waals surface area contributed by atoms with Crippen molar-refractivity contribution in [3.63, 3.8) is 0 Å². The first-order chi connectivity index (χ1) is 9.31. The lowest BCUT2D eigenvalue weighted by atomic mass is 10.3. The SMILES string of the molecule is CCOC(=O)CN(c1ccc(I)cc1F)S(=O)(=O)CC. The van der Waals surface area contributed by atoms with E-state index >= 15 is 0 Å². The fourth-order valence-electron chi connectivity index (χ4n) is 1.50. The Morgan fingerprint density at radius 3 is 2.55 bits per heavy atom. The molecule has 0 fully saturated rings. The minimum atomic E-state index is -3.77. The first-order valence-electron chi connectivity index (χ1n) is 5.93. The van der Waals surface area contributed by atoms with Crippen LogP contribution in [-0.4, -0.2) is 33.3 Å². The maximum atomic E-state index is 13.9. The van der Waals surface area contributed by atoms with Gasteiger partial charge in [-0.15, -0.1) is 0 Å². The molecule has 0 aliphatic rings. The summed E-state index contributed by atoms with van der Waals surface area (Å²) in [6.07, 6.45) is 0. The van der Waals surface area contributed by atoms with Gasteiger partial charge in [0.05, 0.1) is 18.0 Å². The minimum absolute atomic E-state index is 0.133. The van der Waals surface area contributed by atoms with Crippen LogP contribution in [0.2, 0.25) is 0 Å². The molecule has 0 radical (unpaired) electrons. The number of hydrogen-bond donors (Lipinski definition) is 0. The molecule has 1 aromatic rings. The van der Waals surface area contributed by atoms with Gasteiger partial charge in [0.25, 0.3) is 0 Å². The van der Waals surface area contributed by atoms with Crippen LogP contribution in [0.5, 0.6) is 0 Å². The molecule has 0 aliphatic carbocycles. The number of halogens is 2. The summed E-state index contributed by atoms with van der Waals surface area (Å²) in [5, 5.41) is 0. The summed E-state index contributed by atoms with van der Waals surface area (Å²) in [4.78, 5) is 11.5. The van der Waals surface area contributed by atoms with Crippen molar-refractivity contribution >= 4 is 44.3 Å². The lowest BCUT2D eigenvalue weighted by molar-refractivity contribution is -0.141. The normalized spacial score (nSPS) is 11.2. The maximum Gasteiger partial charge on any atom is 0.326 e. The van der Waals surface area contributed by atoms with E-state index in [1.807, 2.05) is 22.6 Å². The third-order valence-corrected chi connectivity index (χ3v) is 4.85. The highest BCUT2D eigenvalue weighted by Crippen LogP contribution is 2.24. The number of carbonyl (C=O) groups excluding carboxylic acids is 1. The summed E-state index contributed by atoms with van der Waals surface area (Å²) < 4.78 is 44.1. The predicted molar refractivity (Wildman–Crippen MR) is 82.6 cm³/mol. The van der Waals surface area contributed by atoms with Crippen LogP contribution in [0.3, 0.4) is 0 Å². The molecule has 1 aromatic carbocycles. The Balaban J connectivity index is 3.20. The number of nitrogens with zero attached hydrogens (tertiary/aromatic N) is 1. The van der Waals surface area contributed by atoms with Gasteiger partial charge < -0.3 is 4.74 Å². The second-order valence-corrected chi connectivity index (χ2v) is 7.24. The van der Waals surface area contributed by atoms with Crippen LogP contribution < -0.4 is 4.31 Å². The second-order valence-electron chi connectivity index (χ2n) is 3.81. The number of hydrogen-bond acceptors (Lipinski definition) is 4. The van der Waals surface area contributed by atoms with E-state index in [0.29, 0.717) is 3.57 Å². The van der Waals surface area contributed by atoms with Crippen LogP contribution in [0, 0.1) is 9.39 Å². The van der Waals surface area contributed by atoms with Crippen molar-refractivity contribution in [3.8, 4) is 0 Å². The Morgan fingerprint density at radius 2 is 2.05 bits per heavy atom. The maximum absolute atomic E-state index is 13.9. The Kier molecular flexibility index (Phi) is 6.18. The van der Waals surface area contributed by atoms with E-state index in [2.05, 4.69) is 0 Å². The molecule has 0 spiro atoms. The molecule has 0 saturated heterocycles. The zero-order chi connectivity index (χ0) is 15.3. The average molecular weight is 415 g/mol. The van der Waals surface area contributed by atoms with Crippen molar-refractivity contribution in [2.24, 2.45) is 0 Å². The molecule has 0 aliphatic heterocycles. The zero-order valence-corrected chi connectivity index (χ0v) is 14.1. The molecule has 0 saturated carbocycles. The van der Waals surface area contributed by atoms with Gasteiger partial charge >= 0.3 is 5.97 Å². The Hall–Kier alpha value is -0.900. The number of esters is 1. The standard InChI is InChI=1S/C12H15FINO4S/c1-3-19-12(16)8-15(20(17,18)4-2)11-6-5-9(14)7-10(11)13/h5-7H,3-4,8H2,1-2H3. The lowest BCUT2D eigenvalue weighted by Gasteiger charge is -2.23. The summed E-state index contributed by atoms with van der Waals surface area (Å²) in [5.41, 5.74) is -0.152. The van der Waals surface area contributed by atoms with E-state index in [0.717, 1.165) is 4.31 Å². The highest BCUT2D eigenvalue weighted by Gasteiger charge is 2.26. The first-order valence-corrected chi connectivity index (χ1v) is 8.61. The number of rotatable bonds is 6. The summed E-state index contributed by atoms with van der Waals surface area (Å²) in [5.74, 6) is -1.65. The van der Waals surface area contributed by atoms with Gasteiger partial charge in [0.2, 0.25) is 10.0 Å². The highest BCUT2D eigenvalue weighted by molar-refractivity contribution is 14.1. The van der Waals surface area contributed by atoms with Crippen molar-refractivity contribution in [1.82, 2.24) is 0 Å². The van der Waals surface area contributed by atoms with Crippen LogP contribution >= 0.6 is 22.6 Å². The number of carbonyl (C=O) groups is 1. The van der Waals surface area contributed by atoms with Crippen molar-refractivity contribution in [1.29, 1.82) is 0 Å². The molecule has 0 bridgehead atoms. The third-order valence-electron chi connectivity index (χ3n) is 2.46. The molecule has 8 heteroatoms. The number of benzene rings is 1. The quantitative estimate of drug-likeness (QED) is 0.528. The largest absolute Gasteiger partial charge is 0.465 e. The summed E-state index contributed by atoms with van der Waals surface area (Å²) in [6, 6.07) is 4.12. The van der Waals surface area contributed by atoms with Gasteiger partial charge in [0, 0.05) is 3.57 Å². The number of anilines is 1. The van der Waals surface area contributed by atoms with Crippen LogP contribution in [-0.2, 0) is 19.6 Å². The molecule has 0 heterocycles. The van der Waals surface area contributed by atoms with Crippen LogP contribution in [0.1, 0.15) is 13.8 Å². The molecule has 112 valence electrons. The highest BCUT2D eigenvalue weighted by atomic mass is 127. The zero-order valence-electron chi connectivity index (χ0n) is 11.1. The fourth-order valence-corrected chi connectivity index (χ4v) is 3.01. The van der Waals surface area contributed by atoms with E-state index < -0.39 is 28.4 Å². The van der Waals surface area contributed by atoms with E-state index in [9.17, 15) is 17.6 Å². The van der Waals surface area contributed by atoms with E-state index in [-0.39, 0.29) is 18.0 Å². The molecular formula is C12H15FINO4S. The molecule has 0 N–H and O–H groups in total. The van der Waals surface area contributed by atoms with Crippen LogP contribution in [0.15, 0.2) is 18.2 Å². The van der Waals surface area contributed by atoms with Gasteiger partial charge in [0.15, 0.2) is 0 Å². The predicted octanol–water partition coefficient (Wildman–Crippen LogP) is 2.15. The average Bonchev–Trinajstić information content (AvgIpc) is 2.37. The van der Waals surface area contributed by atoms with Crippen molar-refractivity contribution in [2.75, 3.05) is 23.2 Å². The monoisotopic (exact) mass is 415 g/mol. The Morgan fingerprint density at radius 1 is 1.40 bits per heavy atom. The number of sulfonamides is 1. The molecule has 5 nitrogen and oxygen atoms in total. The molecular weight excluding hydrogens is 400 g/mol. The third kappa shape index (κ3) is 4.30. The first kappa shape index (κ1) is 17.2. The van der Waals surface area contributed by atoms with Crippen molar-refractivity contribution < 1.29 is 22.3 Å². The summed E-state index contributed by atoms with van der Waals surface area (Å²) in [6.45, 7) is 2.63. The van der Waals surface area contributed by atoms with E-state index in [4.69, 9.17) is 4.74 Å². The molecule has 0 unspecified atom stereocenters. The molecule has 0 amide bonds. The Labute approximate surface area is 131 Å². The van der Waals surface area contributed by atoms with Gasteiger partial charge in [-0.25, -0.2) is 12.8 Å². The topological polar surface area (TPSA) is 63.7 Å². The molecule has 20 heavy (non-hydrogen) atoms. The van der Waals surface area contributed by atoms with Gasteiger partial charge in [-0.05, 0) is 54.6 Å². The fraction of sp³-hybridized carbons (Fsp3) is 0.417. The molecule has 0 atom stereocenters. The van der Waals surface area contributed by atoms with Crippen LogP contribution in [0.4, 0.5) is 10.1 Å². The summed E-state index contributed by atoms with van der Waals surface area (Å²) >= 11 is 1.91. The Bertz CT molecular complexity index is 591. The molecule has 1 rings (SSSR count). The van der Waals surface area contributed by atoms with Gasteiger partial charge in [-0.2, -0.15) is 0 Å². The molecule has 0 aromatic heterocycles. The lowest BCUT2D eigenvalue weighted by Crippen LogP contribution is -2.38. The number of ether oxygens (including phenoxy) is 1. The van der Waals surface area contributed by atoms with Gasteiger partial charge in [0.1, 0.15) is 12.4 Å². The summed E-state index contributed by atoms with van der Waals surface area (Å²) in [7, 11) is -3.77. The van der Waals surface area contributed by atoms with Crippen molar-refractivity contribution in [3.05, 3.63) is 27.6 Å². The van der Waals surface area contributed by atoms with Gasteiger partial charge in [-0.1, -0.05) is 0 Å².